The summed E-state index contributed by atoms with van der Waals surface area (Å²) in [6.07, 6.45) is 3.80. The van der Waals surface area contributed by atoms with Crippen molar-refractivity contribution in [2.45, 2.75) is 57.2 Å². The van der Waals surface area contributed by atoms with Gasteiger partial charge in [-0.1, -0.05) is 13.0 Å². The molecule has 3 aliphatic rings. The van der Waals surface area contributed by atoms with Crippen molar-refractivity contribution in [2.75, 3.05) is 0 Å². The maximum atomic E-state index is 10.4. The predicted octanol–water partition coefficient (Wildman–Crippen LogP) is 2.58. The third-order valence-corrected chi connectivity index (χ3v) is 6.68. The molecule has 2 fully saturated rings. The van der Waals surface area contributed by atoms with Crippen molar-refractivity contribution < 1.29 is 15.3 Å². The molecule has 6 atom stereocenters. The first-order chi connectivity index (χ1) is 10.0. The molecule has 0 radical (unpaired) electrons. The molecular weight excluding hydrogens is 264 g/mol. The van der Waals surface area contributed by atoms with Gasteiger partial charge in [0.1, 0.15) is 5.75 Å². The number of hydrogen-bond acceptors (Lipinski definition) is 3. The summed E-state index contributed by atoms with van der Waals surface area (Å²) < 4.78 is 0. The lowest BCUT2D eigenvalue weighted by Crippen LogP contribution is -2.44. The zero-order valence-electron chi connectivity index (χ0n) is 12.5. The Hall–Kier alpha value is -1.06. The van der Waals surface area contributed by atoms with E-state index in [9.17, 15) is 15.3 Å². The number of phenols is 1. The van der Waals surface area contributed by atoms with Gasteiger partial charge in [-0.15, -0.1) is 0 Å². The van der Waals surface area contributed by atoms with Crippen LogP contribution < -0.4 is 0 Å². The number of rotatable bonds is 0. The average molecular weight is 288 g/mol. The number of phenolic OH excluding ortho intramolecular Hbond substituents is 1. The molecule has 2 saturated carbocycles. The number of aliphatic hydroxyl groups excluding tert-OH is 2. The predicted molar refractivity (Wildman–Crippen MR) is 80.1 cm³/mol. The minimum absolute atomic E-state index is 0.116. The molecule has 3 aliphatic carbocycles. The standard InChI is InChI=1S/C18H24O3/c1-18-7-6-13-12-5-3-11(19)8-10(12)2-4-14(13)15(18)9-16(20)17(18)21/h3,5,8,13-17,19-21H,2,4,6-7,9H2,1H3/t13-,14+,15-,16?,17?,18-/m0/s1. The smallest absolute Gasteiger partial charge is 0.115 e. The van der Waals surface area contributed by atoms with Gasteiger partial charge in [0.2, 0.25) is 0 Å². The van der Waals surface area contributed by atoms with E-state index in [1.165, 1.54) is 11.1 Å². The first-order valence-electron chi connectivity index (χ1n) is 8.18. The Morgan fingerprint density at radius 2 is 2.00 bits per heavy atom. The molecule has 1 aromatic rings. The van der Waals surface area contributed by atoms with Crippen LogP contribution in [-0.2, 0) is 6.42 Å². The SMILES string of the molecule is C[C@]12CC[C@H]3c4ccc(O)cc4CC[C@H]3[C@@H]1CC(O)C2O. The maximum Gasteiger partial charge on any atom is 0.115 e. The molecular formula is C18H24O3. The molecule has 0 spiro atoms. The third kappa shape index (κ3) is 1.80. The molecule has 0 bridgehead atoms. The summed E-state index contributed by atoms with van der Waals surface area (Å²) >= 11 is 0. The lowest BCUT2D eigenvalue weighted by molar-refractivity contribution is -0.0505. The number of fused-ring (bicyclic) bond motifs is 5. The zero-order chi connectivity index (χ0) is 14.8. The number of hydrogen-bond donors (Lipinski definition) is 3. The molecule has 0 aliphatic heterocycles. The van der Waals surface area contributed by atoms with E-state index in [-0.39, 0.29) is 5.41 Å². The quantitative estimate of drug-likeness (QED) is 0.687. The van der Waals surface area contributed by atoms with Crippen molar-refractivity contribution in [3.8, 4) is 5.75 Å². The summed E-state index contributed by atoms with van der Waals surface area (Å²) in [5, 5.41) is 30.2. The van der Waals surface area contributed by atoms with Crippen LogP contribution in [0.15, 0.2) is 18.2 Å². The third-order valence-electron chi connectivity index (χ3n) is 6.68. The van der Waals surface area contributed by atoms with Gasteiger partial charge in [0.25, 0.3) is 0 Å². The van der Waals surface area contributed by atoms with Gasteiger partial charge in [-0.05, 0) is 78.5 Å². The highest BCUT2D eigenvalue weighted by Gasteiger charge is 2.57. The summed E-state index contributed by atoms with van der Waals surface area (Å²) in [6.45, 7) is 2.17. The van der Waals surface area contributed by atoms with Gasteiger partial charge in [-0.3, -0.25) is 0 Å². The lowest BCUT2D eigenvalue weighted by Gasteiger charge is -2.49. The van der Waals surface area contributed by atoms with Crippen molar-refractivity contribution in [3.63, 3.8) is 0 Å². The highest BCUT2D eigenvalue weighted by atomic mass is 16.3. The fourth-order valence-corrected chi connectivity index (χ4v) is 5.56. The maximum absolute atomic E-state index is 10.4. The van der Waals surface area contributed by atoms with Crippen LogP contribution in [0.1, 0.15) is 49.7 Å². The van der Waals surface area contributed by atoms with E-state index in [0.29, 0.717) is 23.5 Å². The lowest BCUT2D eigenvalue weighted by atomic mass is 9.55. The van der Waals surface area contributed by atoms with Crippen LogP contribution in [0.3, 0.4) is 0 Å². The van der Waals surface area contributed by atoms with Crippen LogP contribution in [0, 0.1) is 17.3 Å². The van der Waals surface area contributed by atoms with Gasteiger partial charge in [-0.25, -0.2) is 0 Å². The van der Waals surface area contributed by atoms with Crippen molar-refractivity contribution in [1.82, 2.24) is 0 Å². The van der Waals surface area contributed by atoms with E-state index in [0.717, 1.165) is 32.1 Å². The van der Waals surface area contributed by atoms with Gasteiger partial charge in [0, 0.05) is 0 Å². The largest absolute Gasteiger partial charge is 0.508 e. The number of aliphatic hydroxyl groups is 2. The summed E-state index contributed by atoms with van der Waals surface area (Å²) in [7, 11) is 0. The Labute approximate surface area is 125 Å². The van der Waals surface area contributed by atoms with Gasteiger partial charge in [0.15, 0.2) is 0 Å². The average Bonchev–Trinajstić information content (AvgIpc) is 2.70. The summed E-state index contributed by atoms with van der Waals surface area (Å²) in [4.78, 5) is 0. The van der Waals surface area contributed by atoms with Gasteiger partial charge >= 0.3 is 0 Å². The Bertz CT molecular complexity index is 570. The fourth-order valence-electron chi connectivity index (χ4n) is 5.56. The van der Waals surface area contributed by atoms with Crippen molar-refractivity contribution >= 4 is 0 Å². The van der Waals surface area contributed by atoms with E-state index in [1.807, 2.05) is 6.07 Å². The zero-order valence-corrected chi connectivity index (χ0v) is 12.5. The molecule has 3 nitrogen and oxygen atoms in total. The highest BCUT2D eigenvalue weighted by Crippen LogP contribution is 2.60. The summed E-state index contributed by atoms with van der Waals surface area (Å²) in [6, 6.07) is 5.80. The second-order valence-corrected chi connectivity index (χ2v) is 7.59. The second kappa shape index (κ2) is 4.47. The molecule has 3 N–H and O–H groups in total. The summed E-state index contributed by atoms with van der Waals surface area (Å²) in [5.74, 6) is 1.88. The topological polar surface area (TPSA) is 60.7 Å². The molecule has 1 aromatic carbocycles. The second-order valence-electron chi connectivity index (χ2n) is 7.59. The normalized spacial score (nSPS) is 44.8. The molecule has 0 aromatic heterocycles. The molecule has 21 heavy (non-hydrogen) atoms. The fraction of sp³-hybridized carbons (Fsp3) is 0.667. The number of aromatic hydroxyl groups is 1. The Morgan fingerprint density at radius 1 is 1.19 bits per heavy atom. The van der Waals surface area contributed by atoms with Crippen LogP contribution >= 0.6 is 0 Å². The number of benzene rings is 1. The molecule has 0 heterocycles. The van der Waals surface area contributed by atoms with Gasteiger partial charge < -0.3 is 15.3 Å². The molecule has 0 saturated heterocycles. The molecule has 114 valence electrons. The Kier molecular flexibility index (Phi) is 2.89. The van der Waals surface area contributed by atoms with E-state index in [1.54, 1.807) is 6.07 Å². The number of aryl methyl sites for hydroxylation is 1. The van der Waals surface area contributed by atoms with Gasteiger partial charge in [-0.2, -0.15) is 0 Å². The van der Waals surface area contributed by atoms with Crippen molar-refractivity contribution in [2.24, 2.45) is 17.3 Å². The Morgan fingerprint density at radius 3 is 2.81 bits per heavy atom. The van der Waals surface area contributed by atoms with Crippen molar-refractivity contribution in [1.29, 1.82) is 0 Å². The first-order valence-corrected chi connectivity index (χ1v) is 8.18. The monoisotopic (exact) mass is 288 g/mol. The highest BCUT2D eigenvalue weighted by molar-refractivity contribution is 5.40. The van der Waals surface area contributed by atoms with Crippen LogP contribution in [0.2, 0.25) is 0 Å². The van der Waals surface area contributed by atoms with E-state index in [4.69, 9.17) is 0 Å². The molecule has 2 unspecified atom stereocenters. The van der Waals surface area contributed by atoms with E-state index >= 15 is 0 Å². The van der Waals surface area contributed by atoms with E-state index < -0.39 is 12.2 Å². The van der Waals surface area contributed by atoms with Gasteiger partial charge in [0.05, 0.1) is 12.2 Å². The Balaban J connectivity index is 1.71. The minimum Gasteiger partial charge on any atom is -0.508 e. The van der Waals surface area contributed by atoms with Crippen LogP contribution in [0.25, 0.3) is 0 Å². The van der Waals surface area contributed by atoms with Crippen LogP contribution in [-0.4, -0.2) is 27.5 Å². The van der Waals surface area contributed by atoms with Crippen molar-refractivity contribution in [3.05, 3.63) is 29.3 Å². The summed E-state index contributed by atoms with van der Waals surface area (Å²) in [5.41, 5.74) is 2.57. The van der Waals surface area contributed by atoms with E-state index in [2.05, 4.69) is 13.0 Å². The van der Waals surface area contributed by atoms with Crippen LogP contribution in [0.4, 0.5) is 0 Å². The minimum atomic E-state index is -0.565. The molecule has 3 heteroatoms. The molecule has 4 rings (SSSR count). The molecule has 0 amide bonds. The van der Waals surface area contributed by atoms with Crippen LogP contribution in [0.5, 0.6) is 5.75 Å². The first kappa shape index (κ1) is 13.6.